The lowest BCUT2D eigenvalue weighted by Crippen LogP contribution is -2.10. The van der Waals surface area contributed by atoms with E-state index in [-0.39, 0.29) is 12.7 Å². The van der Waals surface area contributed by atoms with Crippen LogP contribution in [-0.2, 0) is 28.4 Å². The van der Waals surface area contributed by atoms with Gasteiger partial charge in [-0.25, -0.2) is 0 Å². The predicted octanol–water partition coefficient (Wildman–Crippen LogP) is 7.46. The number of ether oxygens (including phenoxy) is 6. The summed E-state index contributed by atoms with van der Waals surface area (Å²) in [5, 5.41) is 8.51. The van der Waals surface area contributed by atoms with Crippen molar-refractivity contribution in [2.75, 3.05) is 59.5 Å². The molecule has 0 amide bonds. The molecule has 236 valence electrons. The summed E-state index contributed by atoms with van der Waals surface area (Å²) in [6.45, 7) is 29.2. The van der Waals surface area contributed by atoms with Gasteiger partial charge in [-0.15, -0.1) is 0 Å². The van der Waals surface area contributed by atoms with Crippen molar-refractivity contribution in [2.45, 2.75) is 146 Å². The molecule has 0 aromatic rings. The minimum Gasteiger partial charge on any atom is -0.396 e. The third-order valence-corrected chi connectivity index (χ3v) is 4.26. The maximum Gasteiger partial charge on any atom is 0.0703 e. The van der Waals surface area contributed by atoms with Crippen LogP contribution in [0.4, 0.5) is 0 Å². The van der Waals surface area contributed by atoms with E-state index < -0.39 is 0 Å². The molecule has 38 heavy (non-hydrogen) atoms. The van der Waals surface area contributed by atoms with Gasteiger partial charge in [-0.2, -0.15) is 0 Å². The molecule has 0 atom stereocenters. The van der Waals surface area contributed by atoms with E-state index in [1.165, 1.54) is 12.8 Å². The van der Waals surface area contributed by atoms with Crippen molar-refractivity contribution < 1.29 is 33.5 Å². The number of aliphatic hydroxyl groups is 1. The van der Waals surface area contributed by atoms with Gasteiger partial charge >= 0.3 is 0 Å². The van der Waals surface area contributed by atoms with E-state index in [4.69, 9.17) is 33.5 Å². The average molecular weight is 555 g/mol. The van der Waals surface area contributed by atoms with E-state index in [1.807, 2.05) is 27.7 Å². The Morgan fingerprint density at radius 1 is 0.395 bits per heavy atom. The number of hydrogen-bond donors (Lipinski definition) is 1. The average Bonchev–Trinajstić information content (AvgIpc) is 2.85. The topological polar surface area (TPSA) is 75.6 Å². The molecule has 0 spiro atoms. The standard InChI is InChI=1S/C10H22O3.C8H18O2.C7H16O.C6H14O/c1-10(2)13-9-8-12-7-5-3-4-6-11;1-4-5-9-6-7-10-8(2)3;1-4-5-6-8-7(2)3;1-4-5-7-6(2)3/h10-11H,3-9H2,1-2H3;8H,4-7H2,1-3H3;7H,4-6H2,1-3H3;6H,4-5H2,1-3H3. The Morgan fingerprint density at radius 2 is 0.816 bits per heavy atom. The van der Waals surface area contributed by atoms with Gasteiger partial charge < -0.3 is 33.5 Å². The first-order valence-electron chi connectivity index (χ1n) is 15.3. The molecule has 0 aliphatic carbocycles. The molecule has 0 saturated carbocycles. The van der Waals surface area contributed by atoms with Crippen LogP contribution >= 0.6 is 0 Å². The zero-order valence-electron chi connectivity index (χ0n) is 27.5. The van der Waals surface area contributed by atoms with E-state index in [2.05, 4.69) is 48.5 Å². The molecule has 0 rings (SSSR count). The van der Waals surface area contributed by atoms with Crippen LogP contribution in [0.3, 0.4) is 0 Å². The van der Waals surface area contributed by atoms with Crippen LogP contribution in [0.1, 0.15) is 121 Å². The molecule has 7 nitrogen and oxygen atoms in total. The van der Waals surface area contributed by atoms with Crippen LogP contribution in [-0.4, -0.2) is 89.0 Å². The monoisotopic (exact) mass is 555 g/mol. The van der Waals surface area contributed by atoms with E-state index in [0.717, 1.165) is 71.7 Å². The highest BCUT2D eigenvalue weighted by atomic mass is 16.5. The summed E-state index contributed by atoms with van der Waals surface area (Å²) in [5.74, 6) is 0. The summed E-state index contributed by atoms with van der Waals surface area (Å²) in [6.07, 6.45) is 9.00. The Balaban J connectivity index is -0.000000209. The minimum atomic E-state index is 0.288. The number of unbranched alkanes of at least 4 members (excludes halogenated alkanes) is 3. The quantitative estimate of drug-likeness (QED) is 0.139. The molecule has 0 aliphatic rings. The molecule has 0 fully saturated rings. The van der Waals surface area contributed by atoms with Gasteiger partial charge in [0.25, 0.3) is 0 Å². The van der Waals surface area contributed by atoms with Gasteiger partial charge in [-0.1, -0.05) is 27.2 Å². The highest BCUT2D eigenvalue weighted by Crippen LogP contribution is 1.95. The Morgan fingerprint density at radius 3 is 1.18 bits per heavy atom. The Kier molecular flexibility index (Phi) is 48.5. The fraction of sp³-hybridized carbons (Fsp3) is 1.00. The highest BCUT2D eigenvalue weighted by molar-refractivity contribution is 4.41. The van der Waals surface area contributed by atoms with E-state index in [1.54, 1.807) is 0 Å². The fourth-order valence-corrected chi connectivity index (χ4v) is 2.34. The fourth-order valence-electron chi connectivity index (χ4n) is 2.34. The highest BCUT2D eigenvalue weighted by Gasteiger charge is 1.94. The van der Waals surface area contributed by atoms with Crippen molar-refractivity contribution in [3.63, 3.8) is 0 Å². The zero-order chi connectivity index (χ0) is 29.9. The van der Waals surface area contributed by atoms with E-state index >= 15 is 0 Å². The molecular formula is C31H70O7. The normalized spacial score (nSPS) is 10.7. The summed E-state index contributed by atoms with van der Waals surface area (Å²) >= 11 is 0. The van der Waals surface area contributed by atoms with Crippen molar-refractivity contribution >= 4 is 0 Å². The van der Waals surface area contributed by atoms with Gasteiger partial charge in [0.1, 0.15) is 0 Å². The molecule has 0 unspecified atom stereocenters. The Hall–Kier alpha value is -0.280. The second-order valence-corrected chi connectivity index (χ2v) is 10.0. The van der Waals surface area contributed by atoms with Crippen LogP contribution in [0, 0.1) is 0 Å². The van der Waals surface area contributed by atoms with Crippen LogP contribution in [0.2, 0.25) is 0 Å². The number of rotatable bonds is 22. The van der Waals surface area contributed by atoms with Crippen molar-refractivity contribution in [3.8, 4) is 0 Å². The van der Waals surface area contributed by atoms with Gasteiger partial charge in [0, 0.05) is 33.0 Å². The molecule has 0 aromatic heterocycles. The maximum absolute atomic E-state index is 8.51. The first-order valence-corrected chi connectivity index (χ1v) is 15.3. The lowest BCUT2D eigenvalue weighted by molar-refractivity contribution is 0.0185. The number of aliphatic hydroxyl groups excluding tert-OH is 1. The van der Waals surface area contributed by atoms with Crippen LogP contribution < -0.4 is 0 Å². The SMILES string of the molecule is CC(C)OCCOCCCCCO.CCCCOC(C)C.CCCOC(C)C.CCCOCCOC(C)C. The Labute approximate surface area is 238 Å². The third kappa shape index (κ3) is 65.1. The van der Waals surface area contributed by atoms with Crippen LogP contribution in [0.25, 0.3) is 0 Å². The summed E-state index contributed by atoms with van der Waals surface area (Å²) < 4.78 is 31.6. The zero-order valence-corrected chi connectivity index (χ0v) is 27.5. The summed E-state index contributed by atoms with van der Waals surface area (Å²) in [5.41, 5.74) is 0. The van der Waals surface area contributed by atoms with Crippen LogP contribution in [0.5, 0.6) is 0 Å². The smallest absolute Gasteiger partial charge is 0.0703 e. The maximum atomic E-state index is 8.51. The molecule has 0 aromatic carbocycles. The second-order valence-electron chi connectivity index (χ2n) is 10.0. The third-order valence-electron chi connectivity index (χ3n) is 4.26. The van der Waals surface area contributed by atoms with Gasteiger partial charge in [-0.3, -0.25) is 0 Å². The van der Waals surface area contributed by atoms with Crippen LogP contribution in [0.15, 0.2) is 0 Å². The molecule has 7 heteroatoms. The molecule has 0 saturated heterocycles. The van der Waals surface area contributed by atoms with E-state index in [9.17, 15) is 0 Å². The molecule has 1 N–H and O–H groups in total. The van der Waals surface area contributed by atoms with E-state index in [0.29, 0.717) is 31.5 Å². The van der Waals surface area contributed by atoms with Gasteiger partial charge in [0.05, 0.1) is 50.8 Å². The predicted molar refractivity (Wildman–Crippen MR) is 162 cm³/mol. The van der Waals surface area contributed by atoms with Gasteiger partial charge in [0.15, 0.2) is 0 Å². The van der Waals surface area contributed by atoms with Crippen molar-refractivity contribution in [3.05, 3.63) is 0 Å². The molecule has 0 aliphatic heterocycles. The lowest BCUT2D eigenvalue weighted by atomic mass is 10.2. The second kappa shape index (κ2) is 41.2. The van der Waals surface area contributed by atoms with Gasteiger partial charge in [0.2, 0.25) is 0 Å². The van der Waals surface area contributed by atoms with Crippen molar-refractivity contribution in [2.24, 2.45) is 0 Å². The molecule has 0 bridgehead atoms. The molecule has 0 heterocycles. The summed E-state index contributed by atoms with van der Waals surface area (Å²) in [6, 6.07) is 0. The first kappa shape index (κ1) is 44.7. The minimum absolute atomic E-state index is 0.288. The molecular weight excluding hydrogens is 484 g/mol. The largest absolute Gasteiger partial charge is 0.396 e. The van der Waals surface area contributed by atoms with Gasteiger partial charge in [-0.05, 0) is 93.9 Å². The van der Waals surface area contributed by atoms with Crippen molar-refractivity contribution in [1.29, 1.82) is 0 Å². The number of hydrogen-bond acceptors (Lipinski definition) is 7. The van der Waals surface area contributed by atoms with Crippen molar-refractivity contribution in [1.82, 2.24) is 0 Å². The molecule has 0 radical (unpaired) electrons. The lowest BCUT2D eigenvalue weighted by Gasteiger charge is -2.07. The first-order chi connectivity index (χ1) is 18.1. The summed E-state index contributed by atoms with van der Waals surface area (Å²) in [4.78, 5) is 0. The Bertz CT molecular complexity index is 364. The summed E-state index contributed by atoms with van der Waals surface area (Å²) in [7, 11) is 0.